The van der Waals surface area contributed by atoms with Crippen LogP contribution in [-0.4, -0.2) is 32.3 Å². The highest BCUT2D eigenvalue weighted by molar-refractivity contribution is 5.97. The van der Waals surface area contributed by atoms with Crippen molar-refractivity contribution in [3.63, 3.8) is 0 Å². The molecule has 0 heterocycles. The number of nitrogen functional groups attached to an aromatic ring is 1. The van der Waals surface area contributed by atoms with Crippen LogP contribution in [0.5, 0.6) is 0 Å². The minimum absolute atomic E-state index is 0.0219. The highest BCUT2D eigenvalue weighted by Gasteiger charge is 2.31. The van der Waals surface area contributed by atoms with E-state index in [1.165, 1.54) is 18.2 Å². The molecule has 0 saturated heterocycles. The van der Waals surface area contributed by atoms with Crippen LogP contribution in [0.2, 0.25) is 0 Å². The van der Waals surface area contributed by atoms with Crippen molar-refractivity contribution in [2.45, 2.75) is 13.1 Å². The van der Waals surface area contributed by atoms with E-state index in [0.29, 0.717) is 0 Å². The summed E-state index contributed by atoms with van der Waals surface area (Å²) in [4.78, 5) is 12.6. The van der Waals surface area contributed by atoms with Gasteiger partial charge in [-0.25, -0.2) is 4.79 Å². The zero-order valence-electron chi connectivity index (χ0n) is 10.6. The van der Waals surface area contributed by atoms with Gasteiger partial charge in [-0.3, -0.25) is 0 Å². The number of esters is 1. The second kappa shape index (κ2) is 5.81. The third-order valence-electron chi connectivity index (χ3n) is 2.52. The van der Waals surface area contributed by atoms with Crippen LogP contribution in [-0.2, 0) is 4.74 Å². The minimum atomic E-state index is -4.36. The minimum Gasteiger partial charge on any atom is -0.465 e. The Kier molecular flexibility index (Phi) is 4.63. The molecule has 1 rings (SSSR count). The molecule has 0 radical (unpaired) electrons. The lowest BCUT2D eigenvalue weighted by molar-refractivity contribution is -0.119. The Bertz CT molecular complexity index is 461. The molecule has 19 heavy (non-hydrogen) atoms. The number of carbonyl (C=O) groups is 1. The lowest BCUT2D eigenvalue weighted by Crippen LogP contribution is -2.35. The topological polar surface area (TPSA) is 55.6 Å². The summed E-state index contributed by atoms with van der Waals surface area (Å²) in [7, 11) is 1.16. The summed E-state index contributed by atoms with van der Waals surface area (Å²) < 4.78 is 42.0. The Morgan fingerprint density at radius 3 is 2.53 bits per heavy atom. The molecule has 0 fully saturated rings. The van der Waals surface area contributed by atoms with Crippen LogP contribution in [0, 0.1) is 0 Å². The molecular weight excluding hydrogens is 261 g/mol. The molecule has 0 spiro atoms. The van der Waals surface area contributed by atoms with Gasteiger partial charge in [0, 0.05) is 12.2 Å². The average molecular weight is 276 g/mol. The summed E-state index contributed by atoms with van der Waals surface area (Å²) in [6.07, 6.45) is -4.36. The summed E-state index contributed by atoms with van der Waals surface area (Å²) in [6, 6.07) is 4.14. The van der Waals surface area contributed by atoms with E-state index in [1.54, 1.807) is 6.92 Å². The van der Waals surface area contributed by atoms with Crippen LogP contribution in [0.3, 0.4) is 0 Å². The number of ether oxygens (including phenoxy) is 1. The Morgan fingerprint density at radius 2 is 2.05 bits per heavy atom. The molecule has 0 bridgehead atoms. The second-order valence-corrected chi connectivity index (χ2v) is 3.90. The van der Waals surface area contributed by atoms with Crippen molar-refractivity contribution in [1.29, 1.82) is 0 Å². The molecule has 7 heteroatoms. The van der Waals surface area contributed by atoms with Gasteiger partial charge in [-0.15, -0.1) is 0 Å². The third kappa shape index (κ3) is 4.04. The van der Waals surface area contributed by atoms with Crippen molar-refractivity contribution in [2.24, 2.45) is 0 Å². The smallest absolute Gasteiger partial charge is 0.405 e. The fourth-order valence-electron chi connectivity index (χ4n) is 1.69. The molecule has 1 aromatic rings. The quantitative estimate of drug-likeness (QED) is 0.678. The lowest BCUT2D eigenvalue weighted by atomic mass is 10.1. The molecule has 1 aromatic carbocycles. The number of hydrogen-bond donors (Lipinski definition) is 1. The number of methoxy groups -OCH3 is 1. The molecule has 0 atom stereocenters. The zero-order chi connectivity index (χ0) is 14.6. The third-order valence-corrected chi connectivity index (χ3v) is 2.52. The van der Waals surface area contributed by atoms with Crippen LogP contribution >= 0.6 is 0 Å². The van der Waals surface area contributed by atoms with Crippen molar-refractivity contribution < 1.29 is 22.7 Å². The monoisotopic (exact) mass is 276 g/mol. The molecule has 0 aliphatic heterocycles. The van der Waals surface area contributed by atoms with Gasteiger partial charge in [0.25, 0.3) is 0 Å². The van der Waals surface area contributed by atoms with Crippen LogP contribution in [0.15, 0.2) is 18.2 Å². The fourth-order valence-corrected chi connectivity index (χ4v) is 1.69. The van der Waals surface area contributed by atoms with Gasteiger partial charge in [0.05, 0.1) is 18.4 Å². The first kappa shape index (κ1) is 15.1. The first-order valence-electron chi connectivity index (χ1n) is 5.58. The van der Waals surface area contributed by atoms with E-state index in [0.717, 1.165) is 12.0 Å². The number of carbonyl (C=O) groups excluding carboxylic acids is 1. The van der Waals surface area contributed by atoms with Gasteiger partial charge in [0.15, 0.2) is 0 Å². The molecule has 0 unspecified atom stereocenters. The number of nitrogens with zero attached hydrogens (tertiary/aromatic N) is 1. The van der Waals surface area contributed by atoms with Gasteiger partial charge >= 0.3 is 12.1 Å². The predicted molar refractivity (Wildman–Crippen MR) is 66.1 cm³/mol. The van der Waals surface area contributed by atoms with Gasteiger partial charge in [-0.05, 0) is 25.1 Å². The number of alkyl halides is 3. The number of nitrogens with two attached hydrogens (primary N) is 1. The number of benzene rings is 1. The predicted octanol–water partition coefficient (Wildman–Crippen LogP) is 2.44. The van der Waals surface area contributed by atoms with E-state index in [2.05, 4.69) is 4.74 Å². The van der Waals surface area contributed by atoms with Crippen molar-refractivity contribution in [3.8, 4) is 0 Å². The average Bonchev–Trinajstić information content (AvgIpc) is 2.34. The van der Waals surface area contributed by atoms with E-state index in [1.807, 2.05) is 0 Å². The summed E-state index contributed by atoms with van der Waals surface area (Å²) in [5, 5.41) is 0. The number of rotatable bonds is 4. The molecule has 0 aliphatic carbocycles. The Morgan fingerprint density at radius 1 is 1.42 bits per heavy atom. The summed E-state index contributed by atoms with van der Waals surface area (Å²) in [5.74, 6) is -0.720. The van der Waals surface area contributed by atoms with Gasteiger partial charge < -0.3 is 15.4 Å². The van der Waals surface area contributed by atoms with E-state index >= 15 is 0 Å². The highest BCUT2D eigenvalue weighted by atomic mass is 19.4. The SMILES string of the molecule is CCN(CC(F)(F)F)c1ccc(N)cc1C(=O)OC. The summed E-state index contributed by atoms with van der Waals surface area (Å²) in [5.41, 5.74) is 6.00. The number of hydrogen-bond acceptors (Lipinski definition) is 4. The largest absolute Gasteiger partial charge is 0.465 e. The first-order valence-corrected chi connectivity index (χ1v) is 5.58. The maximum atomic E-state index is 12.5. The highest BCUT2D eigenvalue weighted by Crippen LogP contribution is 2.27. The maximum absolute atomic E-state index is 12.5. The molecule has 2 N–H and O–H groups in total. The van der Waals surface area contributed by atoms with Crippen LogP contribution < -0.4 is 10.6 Å². The van der Waals surface area contributed by atoms with Crippen LogP contribution in [0.1, 0.15) is 17.3 Å². The van der Waals surface area contributed by atoms with Crippen molar-refractivity contribution in [1.82, 2.24) is 0 Å². The zero-order valence-corrected chi connectivity index (χ0v) is 10.6. The number of halogens is 3. The first-order chi connectivity index (χ1) is 8.78. The Hall–Kier alpha value is -1.92. The fraction of sp³-hybridized carbons (Fsp3) is 0.417. The number of anilines is 2. The molecule has 0 aromatic heterocycles. The maximum Gasteiger partial charge on any atom is 0.405 e. The van der Waals surface area contributed by atoms with E-state index in [-0.39, 0.29) is 23.5 Å². The molecule has 0 saturated carbocycles. The summed E-state index contributed by atoms with van der Waals surface area (Å²) in [6.45, 7) is 0.536. The second-order valence-electron chi connectivity index (χ2n) is 3.90. The molecule has 0 aliphatic rings. The van der Waals surface area contributed by atoms with Gasteiger partial charge in [0.2, 0.25) is 0 Å². The van der Waals surface area contributed by atoms with E-state index in [4.69, 9.17) is 5.73 Å². The molecular formula is C12H15F3N2O2. The Balaban J connectivity index is 3.19. The molecule has 106 valence electrons. The lowest BCUT2D eigenvalue weighted by Gasteiger charge is -2.26. The van der Waals surface area contributed by atoms with Gasteiger partial charge in [0.1, 0.15) is 6.54 Å². The van der Waals surface area contributed by atoms with Crippen LogP contribution in [0.4, 0.5) is 24.5 Å². The standard InChI is InChI=1S/C12H15F3N2O2/c1-3-17(7-12(13,14)15)10-5-4-8(16)6-9(10)11(18)19-2/h4-6H,3,7,16H2,1-2H3. The van der Waals surface area contributed by atoms with Crippen molar-refractivity contribution in [3.05, 3.63) is 23.8 Å². The van der Waals surface area contributed by atoms with Gasteiger partial charge in [-0.1, -0.05) is 0 Å². The van der Waals surface area contributed by atoms with Crippen molar-refractivity contribution in [2.75, 3.05) is 30.8 Å². The van der Waals surface area contributed by atoms with Crippen LogP contribution in [0.25, 0.3) is 0 Å². The van der Waals surface area contributed by atoms with E-state index in [9.17, 15) is 18.0 Å². The molecule has 0 amide bonds. The summed E-state index contributed by atoms with van der Waals surface area (Å²) >= 11 is 0. The Labute approximate surface area is 108 Å². The normalized spacial score (nSPS) is 11.2. The van der Waals surface area contributed by atoms with E-state index < -0.39 is 18.7 Å². The van der Waals surface area contributed by atoms with Gasteiger partial charge in [-0.2, -0.15) is 13.2 Å². The van der Waals surface area contributed by atoms with Crippen molar-refractivity contribution >= 4 is 17.3 Å². The molecule has 4 nitrogen and oxygen atoms in total.